The summed E-state index contributed by atoms with van der Waals surface area (Å²) in [5.74, 6) is 0.202. The van der Waals surface area contributed by atoms with Crippen LogP contribution in [0.25, 0.3) is 0 Å². The van der Waals surface area contributed by atoms with Gasteiger partial charge in [-0.3, -0.25) is 14.7 Å². The lowest BCUT2D eigenvalue weighted by atomic mass is 10.1. The van der Waals surface area contributed by atoms with E-state index in [1.54, 1.807) is 24.5 Å². The first kappa shape index (κ1) is 19.8. The van der Waals surface area contributed by atoms with Gasteiger partial charge in [-0.1, -0.05) is 0 Å². The van der Waals surface area contributed by atoms with Crippen molar-refractivity contribution in [3.8, 4) is 11.5 Å². The van der Waals surface area contributed by atoms with Gasteiger partial charge in [-0.05, 0) is 48.4 Å². The number of amides is 1. The zero-order valence-electron chi connectivity index (χ0n) is 15.7. The van der Waals surface area contributed by atoms with Crippen LogP contribution in [0.15, 0.2) is 47.8 Å². The number of hydrogen-bond donors (Lipinski definition) is 2. The number of carbonyl (C=O) groups excluding carboxylic acids is 1. The first-order chi connectivity index (χ1) is 13.7. The Balaban J connectivity index is 1.69. The van der Waals surface area contributed by atoms with Crippen molar-refractivity contribution in [1.29, 1.82) is 0 Å². The third-order valence-corrected chi connectivity index (χ3v) is 4.35. The third kappa shape index (κ3) is 5.05. The van der Waals surface area contributed by atoms with Crippen LogP contribution >= 0.6 is 0 Å². The molecule has 0 unspecified atom stereocenters. The van der Waals surface area contributed by atoms with E-state index in [9.17, 15) is 9.90 Å². The summed E-state index contributed by atoms with van der Waals surface area (Å²) in [6.45, 7) is 4.81. The molecule has 1 atom stereocenters. The molecule has 8 heteroatoms. The van der Waals surface area contributed by atoms with Crippen molar-refractivity contribution in [2.45, 2.75) is 13.0 Å². The molecule has 1 aromatic heterocycles. The van der Waals surface area contributed by atoms with Crippen molar-refractivity contribution < 1.29 is 19.4 Å². The summed E-state index contributed by atoms with van der Waals surface area (Å²) in [7, 11) is 0. The first-order valence-corrected chi connectivity index (χ1v) is 9.19. The lowest BCUT2D eigenvalue weighted by Crippen LogP contribution is -2.44. The summed E-state index contributed by atoms with van der Waals surface area (Å²) in [4.78, 5) is 18.9. The maximum absolute atomic E-state index is 12.8. The van der Waals surface area contributed by atoms with E-state index < -0.39 is 6.04 Å². The minimum Gasteiger partial charge on any atom is -0.504 e. The van der Waals surface area contributed by atoms with Gasteiger partial charge in [0.2, 0.25) is 0 Å². The summed E-state index contributed by atoms with van der Waals surface area (Å²) >= 11 is 0. The highest BCUT2D eigenvalue weighted by Crippen LogP contribution is 2.26. The number of aromatic nitrogens is 1. The average molecular weight is 384 g/mol. The standard InChI is InChI=1S/C20H24N4O4/c1-2-28-18-4-3-15(13-17(18)25)14-22-23-20(26)19(16-5-7-21-8-6-16)24-9-11-27-12-10-24/h3-8,13-14,19,25H,2,9-12H2,1H3,(H,23,26)/b22-14-/t19-/m0/s1. The molecule has 2 heterocycles. The summed E-state index contributed by atoms with van der Waals surface area (Å²) < 4.78 is 10.7. The normalized spacial score (nSPS) is 16.0. The van der Waals surface area contributed by atoms with Crippen LogP contribution < -0.4 is 10.2 Å². The Bertz CT molecular complexity index is 807. The number of morpholine rings is 1. The van der Waals surface area contributed by atoms with Crippen LogP contribution in [0.2, 0.25) is 0 Å². The van der Waals surface area contributed by atoms with E-state index in [-0.39, 0.29) is 11.7 Å². The highest BCUT2D eigenvalue weighted by atomic mass is 16.5. The molecular weight excluding hydrogens is 360 g/mol. The Morgan fingerprint density at radius 3 is 2.79 bits per heavy atom. The number of hydrazone groups is 1. The number of nitrogens with zero attached hydrogens (tertiary/aromatic N) is 3. The second-order valence-corrected chi connectivity index (χ2v) is 6.23. The van der Waals surface area contributed by atoms with Gasteiger partial charge in [-0.15, -0.1) is 0 Å². The van der Waals surface area contributed by atoms with Crippen LogP contribution in [0.3, 0.4) is 0 Å². The Hall–Kier alpha value is -2.97. The molecule has 2 N–H and O–H groups in total. The molecule has 2 aromatic rings. The predicted molar refractivity (Wildman–Crippen MR) is 104 cm³/mol. The van der Waals surface area contributed by atoms with E-state index in [0.717, 1.165) is 5.56 Å². The van der Waals surface area contributed by atoms with Crippen LogP contribution in [-0.4, -0.2) is 60.0 Å². The van der Waals surface area contributed by atoms with Crippen LogP contribution in [0, 0.1) is 0 Å². The summed E-state index contributed by atoms with van der Waals surface area (Å²) in [6, 6.07) is 8.13. The molecule has 1 aromatic carbocycles. The van der Waals surface area contributed by atoms with Crippen LogP contribution in [-0.2, 0) is 9.53 Å². The highest BCUT2D eigenvalue weighted by molar-refractivity contribution is 5.86. The van der Waals surface area contributed by atoms with Crippen molar-refractivity contribution in [3.63, 3.8) is 0 Å². The van der Waals surface area contributed by atoms with Gasteiger partial charge in [0, 0.05) is 25.5 Å². The number of rotatable bonds is 7. The number of phenolic OH excluding ortho intramolecular Hbond substituents is 1. The molecule has 0 spiro atoms. The fraction of sp³-hybridized carbons (Fsp3) is 0.350. The minimum absolute atomic E-state index is 0.0279. The third-order valence-electron chi connectivity index (χ3n) is 4.35. The van der Waals surface area contributed by atoms with Crippen LogP contribution in [0.5, 0.6) is 11.5 Å². The Kier molecular flexibility index (Phi) is 6.94. The zero-order valence-corrected chi connectivity index (χ0v) is 15.7. The molecule has 0 bridgehead atoms. The van der Waals surface area contributed by atoms with Gasteiger partial charge in [-0.2, -0.15) is 5.10 Å². The van der Waals surface area contributed by atoms with Gasteiger partial charge >= 0.3 is 0 Å². The number of pyridine rings is 1. The van der Waals surface area contributed by atoms with E-state index in [1.165, 1.54) is 12.3 Å². The second kappa shape index (κ2) is 9.82. The monoisotopic (exact) mass is 384 g/mol. The highest BCUT2D eigenvalue weighted by Gasteiger charge is 2.28. The molecule has 0 aliphatic carbocycles. The SMILES string of the molecule is CCOc1ccc(/C=N\NC(=O)[C@H](c2ccncc2)N2CCOCC2)cc1O. The molecule has 1 amide bonds. The zero-order chi connectivity index (χ0) is 19.8. The lowest BCUT2D eigenvalue weighted by molar-refractivity contribution is -0.128. The molecule has 1 saturated heterocycles. The number of aromatic hydroxyl groups is 1. The van der Waals surface area contributed by atoms with Crippen molar-refractivity contribution in [3.05, 3.63) is 53.9 Å². The molecule has 148 valence electrons. The topological polar surface area (TPSA) is 96.3 Å². The van der Waals surface area contributed by atoms with E-state index in [4.69, 9.17) is 9.47 Å². The largest absolute Gasteiger partial charge is 0.504 e. The van der Waals surface area contributed by atoms with Gasteiger partial charge < -0.3 is 14.6 Å². The van der Waals surface area contributed by atoms with Gasteiger partial charge in [0.05, 0.1) is 26.0 Å². The fourth-order valence-corrected chi connectivity index (χ4v) is 3.03. The second-order valence-electron chi connectivity index (χ2n) is 6.23. The maximum atomic E-state index is 12.8. The lowest BCUT2D eigenvalue weighted by Gasteiger charge is -2.33. The maximum Gasteiger partial charge on any atom is 0.262 e. The smallest absolute Gasteiger partial charge is 0.262 e. The molecule has 0 saturated carbocycles. The Morgan fingerprint density at radius 1 is 1.36 bits per heavy atom. The molecule has 1 fully saturated rings. The average Bonchev–Trinajstić information content (AvgIpc) is 2.72. The van der Waals surface area contributed by atoms with Crippen molar-refractivity contribution in [2.75, 3.05) is 32.9 Å². The van der Waals surface area contributed by atoms with Crippen LogP contribution in [0.4, 0.5) is 0 Å². The molecule has 1 aliphatic rings. The molecule has 1 aliphatic heterocycles. The quantitative estimate of drug-likeness (QED) is 0.557. The number of carbonyl (C=O) groups is 1. The number of hydrogen-bond acceptors (Lipinski definition) is 7. The fourth-order valence-electron chi connectivity index (χ4n) is 3.03. The van der Waals surface area contributed by atoms with E-state index >= 15 is 0 Å². The van der Waals surface area contributed by atoms with Crippen molar-refractivity contribution >= 4 is 12.1 Å². The first-order valence-electron chi connectivity index (χ1n) is 9.19. The number of phenols is 1. The Morgan fingerprint density at radius 2 is 2.11 bits per heavy atom. The van der Waals surface area contributed by atoms with E-state index in [2.05, 4.69) is 20.4 Å². The molecule has 8 nitrogen and oxygen atoms in total. The Labute approximate surface area is 163 Å². The van der Waals surface area contributed by atoms with E-state index in [0.29, 0.717) is 44.2 Å². The summed E-state index contributed by atoms with van der Waals surface area (Å²) in [5.41, 5.74) is 4.10. The number of ether oxygens (including phenoxy) is 2. The summed E-state index contributed by atoms with van der Waals surface area (Å²) in [6.07, 6.45) is 4.82. The van der Waals surface area contributed by atoms with Crippen molar-refractivity contribution in [2.24, 2.45) is 5.10 Å². The van der Waals surface area contributed by atoms with Crippen LogP contribution in [0.1, 0.15) is 24.1 Å². The van der Waals surface area contributed by atoms with E-state index in [1.807, 2.05) is 19.1 Å². The molecular formula is C20H24N4O4. The molecule has 28 heavy (non-hydrogen) atoms. The van der Waals surface area contributed by atoms with Crippen molar-refractivity contribution in [1.82, 2.24) is 15.3 Å². The van der Waals surface area contributed by atoms with Gasteiger partial charge in [0.1, 0.15) is 6.04 Å². The minimum atomic E-state index is -0.474. The molecule has 0 radical (unpaired) electrons. The van der Waals surface area contributed by atoms with Gasteiger partial charge in [-0.25, -0.2) is 5.43 Å². The summed E-state index contributed by atoms with van der Waals surface area (Å²) in [5, 5.41) is 14.0. The van der Waals surface area contributed by atoms with Gasteiger partial charge in [0.25, 0.3) is 5.91 Å². The molecule has 3 rings (SSSR count). The number of nitrogens with one attached hydrogen (secondary N) is 1. The number of benzene rings is 1. The van der Waals surface area contributed by atoms with Gasteiger partial charge in [0.15, 0.2) is 11.5 Å². The predicted octanol–water partition coefficient (Wildman–Crippen LogP) is 1.71.